The summed E-state index contributed by atoms with van der Waals surface area (Å²) in [5, 5.41) is 3.02. The van der Waals surface area contributed by atoms with Crippen molar-refractivity contribution >= 4 is 11.9 Å². The Morgan fingerprint density at radius 1 is 1.07 bits per heavy atom. The van der Waals surface area contributed by atoms with E-state index in [-0.39, 0.29) is 35.3 Å². The summed E-state index contributed by atoms with van der Waals surface area (Å²) in [5.41, 5.74) is 0.809. The van der Waals surface area contributed by atoms with E-state index in [4.69, 9.17) is 0 Å². The average Bonchev–Trinajstić information content (AvgIpc) is 3.00. The van der Waals surface area contributed by atoms with Gasteiger partial charge in [0.15, 0.2) is 0 Å². The minimum Gasteiger partial charge on any atom is -0.356 e. The Bertz CT molecular complexity index is 780. The first-order valence-corrected chi connectivity index (χ1v) is 11.2. The number of halogens is 1. The van der Waals surface area contributed by atoms with Gasteiger partial charge in [-0.25, -0.2) is 9.18 Å². The Labute approximate surface area is 171 Å². The molecule has 4 fully saturated rings. The van der Waals surface area contributed by atoms with E-state index in [1.54, 1.807) is 0 Å². The van der Waals surface area contributed by atoms with E-state index in [0.717, 1.165) is 64.5 Å². The highest BCUT2D eigenvalue weighted by atomic mass is 19.1. The second kappa shape index (κ2) is 7.29. The van der Waals surface area contributed by atoms with Gasteiger partial charge in [-0.3, -0.25) is 4.79 Å². The molecule has 156 valence electrons. The minimum atomic E-state index is -0.377. The number of urea groups is 1. The fraction of sp³-hybridized carbons (Fsp3) is 0.652. The molecule has 4 aliphatic heterocycles. The number of hydrogen-bond acceptors (Lipinski definition) is 2. The Morgan fingerprint density at radius 3 is 2.45 bits per heavy atom. The largest absolute Gasteiger partial charge is 0.356 e. The first-order valence-electron chi connectivity index (χ1n) is 11.2. The molecule has 2 bridgehead atoms. The zero-order chi connectivity index (χ0) is 20.0. The average molecular weight is 400 g/mol. The third kappa shape index (κ3) is 3.30. The minimum absolute atomic E-state index is 0.132. The fourth-order valence-electron chi connectivity index (χ4n) is 6.27. The molecule has 6 heteroatoms. The van der Waals surface area contributed by atoms with Crippen LogP contribution in [0.4, 0.5) is 9.18 Å². The lowest BCUT2D eigenvalue weighted by molar-refractivity contribution is -0.136. The summed E-state index contributed by atoms with van der Waals surface area (Å²) in [5.74, 6) is 0.336. The summed E-state index contributed by atoms with van der Waals surface area (Å²) >= 11 is 0. The van der Waals surface area contributed by atoms with E-state index >= 15 is 0 Å². The standard InChI is InChI=1S/C23H30FN3O2/c24-18-5-3-16(4-6-18)17-13-19-7-8-20(14-17)27(19)22(29)26-12-2-10-23(15-26)9-1-11-25-21(23)28/h3-6,17,19-20H,1-2,7-15H2,(H,25,28)/t19-,20-,23?/m1/s1. The summed E-state index contributed by atoms with van der Waals surface area (Å²) in [6.07, 6.45) is 7.69. The molecule has 29 heavy (non-hydrogen) atoms. The zero-order valence-corrected chi connectivity index (χ0v) is 16.9. The summed E-state index contributed by atoms with van der Waals surface area (Å²) < 4.78 is 13.3. The van der Waals surface area contributed by atoms with Gasteiger partial charge in [0.1, 0.15) is 5.82 Å². The van der Waals surface area contributed by atoms with E-state index in [1.165, 1.54) is 17.7 Å². The number of carbonyl (C=O) groups excluding carboxylic acids is 2. The van der Waals surface area contributed by atoms with Crippen molar-refractivity contribution in [2.75, 3.05) is 19.6 Å². The molecule has 1 unspecified atom stereocenters. The van der Waals surface area contributed by atoms with E-state index in [0.29, 0.717) is 12.5 Å². The molecular weight excluding hydrogens is 369 g/mol. The molecule has 0 saturated carbocycles. The number of likely N-dealkylation sites (tertiary alicyclic amines) is 1. The summed E-state index contributed by atoms with van der Waals surface area (Å²) in [7, 11) is 0. The van der Waals surface area contributed by atoms with E-state index < -0.39 is 0 Å². The summed E-state index contributed by atoms with van der Waals surface area (Å²) in [6, 6.07) is 7.52. The Kier molecular flexibility index (Phi) is 4.75. The SMILES string of the molecule is O=C(N1CCCC2(CCCNC2=O)C1)N1[C@@H]2CC[C@@H]1CC(c1ccc(F)cc1)C2. The first kappa shape index (κ1) is 18.9. The molecule has 1 aromatic carbocycles. The number of nitrogens with one attached hydrogen (secondary N) is 1. The third-order valence-corrected chi connectivity index (χ3v) is 7.74. The molecule has 5 rings (SSSR count). The zero-order valence-electron chi connectivity index (χ0n) is 16.9. The van der Waals surface area contributed by atoms with Crippen molar-refractivity contribution in [2.45, 2.75) is 69.4 Å². The van der Waals surface area contributed by atoms with Gasteiger partial charge in [-0.2, -0.15) is 0 Å². The van der Waals surface area contributed by atoms with Crippen molar-refractivity contribution in [3.8, 4) is 0 Å². The predicted octanol–water partition coefficient (Wildman–Crippen LogP) is 3.65. The molecule has 4 saturated heterocycles. The van der Waals surface area contributed by atoms with Crippen LogP contribution in [0.15, 0.2) is 24.3 Å². The lowest BCUT2D eigenvalue weighted by atomic mass is 9.73. The van der Waals surface area contributed by atoms with Gasteiger partial charge in [-0.15, -0.1) is 0 Å². The number of carbonyl (C=O) groups is 2. The number of amides is 3. The third-order valence-electron chi connectivity index (χ3n) is 7.74. The predicted molar refractivity (Wildman–Crippen MR) is 108 cm³/mol. The van der Waals surface area contributed by atoms with Crippen LogP contribution < -0.4 is 5.32 Å². The molecular formula is C23H30FN3O2. The molecule has 5 nitrogen and oxygen atoms in total. The van der Waals surface area contributed by atoms with Crippen LogP contribution in [0.2, 0.25) is 0 Å². The number of nitrogens with zero attached hydrogens (tertiary/aromatic N) is 2. The van der Waals surface area contributed by atoms with Crippen molar-refractivity contribution in [1.82, 2.24) is 15.1 Å². The highest BCUT2D eigenvalue weighted by Gasteiger charge is 2.49. The molecule has 0 radical (unpaired) electrons. The molecule has 3 atom stereocenters. The van der Waals surface area contributed by atoms with Gasteiger partial charge in [0, 0.05) is 31.7 Å². The normalized spacial score (nSPS) is 34.4. The molecule has 1 N–H and O–H groups in total. The van der Waals surface area contributed by atoms with Crippen molar-refractivity contribution in [2.24, 2.45) is 5.41 Å². The van der Waals surface area contributed by atoms with Crippen LogP contribution in [0.25, 0.3) is 0 Å². The van der Waals surface area contributed by atoms with Crippen LogP contribution in [0.5, 0.6) is 0 Å². The highest BCUT2D eigenvalue weighted by molar-refractivity contribution is 5.85. The number of hydrogen-bond donors (Lipinski definition) is 1. The van der Waals surface area contributed by atoms with Gasteiger partial charge in [0.2, 0.25) is 5.91 Å². The molecule has 4 aliphatic rings. The maximum atomic E-state index is 13.5. The molecule has 3 amide bonds. The van der Waals surface area contributed by atoms with Gasteiger partial charge in [-0.05, 0) is 75.0 Å². The van der Waals surface area contributed by atoms with Crippen LogP contribution >= 0.6 is 0 Å². The van der Waals surface area contributed by atoms with E-state index in [2.05, 4.69) is 10.2 Å². The van der Waals surface area contributed by atoms with E-state index in [9.17, 15) is 14.0 Å². The van der Waals surface area contributed by atoms with Gasteiger partial charge in [0.25, 0.3) is 0 Å². The first-order chi connectivity index (χ1) is 14.1. The van der Waals surface area contributed by atoms with Crippen LogP contribution in [0, 0.1) is 11.2 Å². The number of fused-ring (bicyclic) bond motifs is 2. The maximum absolute atomic E-state index is 13.5. The van der Waals surface area contributed by atoms with Gasteiger partial charge in [0.05, 0.1) is 5.41 Å². The number of piperidine rings is 3. The molecule has 0 aliphatic carbocycles. The topological polar surface area (TPSA) is 52.7 Å². The smallest absolute Gasteiger partial charge is 0.320 e. The van der Waals surface area contributed by atoms with Crippen molar-refractivity contribution in [3.05, 3.63) is 35.6 Å². The van der Waals surface area contributed by atoms with Crippen LogP contribution in [-0.4, -0.2) is 53.5 Å². The number of rotatable bonds is 1. The Morgan fingerprint density at radius 2 is 1.76 bits per heavy atom. The quantitative estimate of drug-likeness (QED) is 0.784. The summed E-state index contributed by atoms with van der Waals surface area (Å²) in [4.78, 5) is 30.2. The Hall–Kier alpha value is -2.11. The van der Waals surface area contributed by atoms with Crippen molar-refractivity contribution in [3.63, 3.8) is 0 Å². The second-order valence-corrected chi connectivity index (χ2v) is 9.46. The fourth-order valence-corrected chi connectivity index (χ4v) is 6.27. The lowest BCUT2D eigenvalue weighted by Crippen LogP contribution is -2.59. The van der Waals surface area contributed by atoms with Crippen molar-refractivity contribution in [1.29, 1.82) is 0 Å². The van der Waals surface area contributed by atoms with Crippen molar-refractivity contribution < 1.29 is 14.0 Å². The van der Waals surface area contributed by atoms with Gasteiger partial charge in [-0.1, -0.05) is 12.1 Å². The Balaban J connectivity index is 1.30. The molecule has 0 aromatic heterocycles. The monoisotopic (exact) mass is 399 g/mol. The highest BCUT2D eigenvalue weighted by Crippen LogP contribution is 2.44. The second-order valence-electron chi connectivity index (χ2n) is 9.46. The molecule has 1 spiro atoms. The van der Waals surface area contributed by atoms with E-state index in [1.807, 2.05) is 17.0 Å². The van der Waals surface area contributed by atoms with Gasteiger partial charge >= 0.3 is 6.03 Å². The lowest BCUT2D eigenvalue weighted by Gasteiger charge is -2.47. The van der Waals surface area contributed by atoms with Crippen LogP contribution in [-0.2, 0) is 4.79 Å². The van der Waals surface area contributed by atoms with Crippen LogP contribution in [0.1, 0.15) is 62.8 Å². The number of benzene rings is 1. The molecule has 1 aromatic rings. The summed E-state index contributed by atoms with van der Waals surface area (Å²) in [6.45, 7) is 2.08. The molecule has 4 heterocycles. The maximum Gasteiger partial charge on any atom is 0.320 e. The van der Waals surface area contributed by atoms with Gasteiger partial charge < -0.3 is 15.1 Å². The van der Waals surface area contributed by atoms with Crippen LogP contribution in [0.3, 0.4) is 0 Å².